The zero-order chi connectivity index (χ0) is 52.7. The molecule has 0 aromatic heterocycles. The zero-order valence-electron chi connectivity index (χ0n) is 45.9. The number of carbonyl (C=O) groups is 3. The number of esters is 3. The quantitative estimate of drug-likeness (QED) is 0.0197. The third kappa shape index (κ3) is 51.8. The molecule has 0 aliphatic heterocycles. The highest BCUT2D eigenvalue weighted by Crippen LogP contribution is 2.43. The van der Waals surface area contributed by atoms with Gasteiger partial charge in [-0.25, -0.2) is 4.57 Å². The van der Waals surface area contributed by atoms with Gasteiger partial charge in [0.2, 0.25) is 0 Å². The second kappa shape index (κ2) is 54.2. The predicted octanol–water partition coefficient (Wildman–Crippen LogP) is 16.9. The van der Waals surface area contributed by atoms with Crippen LogP contribution in [0.5, 0.6) is 0 Å². The van der Waals surface area contributed by atoms with Crippen molar-refractivity contribution in [1.82, 2.24) is 0 Å². The summed E-state index contributed by atoms with van der Waals surface area (Å²) in [6.07, 6.45) is 60.0. The summed E-state index contributed by atoms with van der Waals surface area (Å²) in [4.78, 5) is 48.5. The van der Waals surface area contributed by atoms with Crippen LogP contribution in [-0.2, 0) is 42.2 Å². The summed E-state index contributed by atoms with van der Waals surface area (Å²) in [5.74, 6) is -1.53. The Balaban J connectivity index is 4.78. The number of hydrogen-bond acceptors (Lipinski definition) is 10. The second-order valence-corrected chi connectivity index (χ2v) is 20.5. The van der Waals surface area contributed by atoms with E-state index in [1.807, 2.05) is 0 Å². The summed E-state index contributed by atoms with van der Waals surface area (Å²) in [6.45, 7) is 4.46. The maximum atomic E-state index is 12.9. The molecule has 0 aliphatic rings. The molecular weight excluding hydrogens is 928 g/mol. The van der Waals surface area contributed by atoms with E-state index in [1.54, 1.807) is 0 Å². The lowest BCUT2D eigenvalue weighted by Crippen LogP contribution is -2.30. The molecular formula is C60H105O11P. The Morgan fingerprint density at radius 3 is 1.15 bits per heavy atom. The molecule has 416 valence electrons. The zero-order valence-corrected chi connectivity index (χ0v) is 46.8. The van der Waals surface area contributed by atoms with Gasteiger partial charge in [-0.1, -0.05) is 196 Å². The Morgan fingerprint density at radius 1 is 0.403 bits per heavy atom. The van der Waals surface area contributed by atoms with Crippen molar-refractivity contribution >= 4 is 25.7 Å². The molecule has 11 nitrogen and oxygen atoms in total. The Morgan fingerprint density at radius 2 is 0.722 bits per heavy atom. The lowest BCUT2D eigenvalue weighted by atomic mass is 10.1. The summed E-state index contributed by atoms with van der Waals surface area (Å²) >= 11 is 0. The van der Waals surface area contributed by atoms with Gasteiger partial charge in [0.15, 0.2) is 6.10 Å². The van der Waals surface area contributed by atoms with Crippen molar-refractivity contribution in [2.24, 2.45) is 0 Å². The van der Waals surface area contributed by atoms with Gasteiger partial charge in [-0.15, -0.1) is 0 Å². The van der Waals surface area contributed by atoms with E-state index in [1.165, 1.54) is 77.0 Å². The topological polar surface area (TPSA) is 155 Å². The summed E-state index contributed by atoms with van der Waals surface area (Å²) in [7, 11) is -4.76. The van der Waals surface area contributed by atoms with E-state index in [2.05, 4.69) is 93.7 Å². The highest BCUT2D eigenvalue weighted by molar-refractivity contribution is 7.47. The van der Waals surface area contributed by atoms with Gasteiger partial charge in [0.1, 0.15) is 12.7 Å². The number of phosphoric acid groups is 1. The first kappa shape index (κ1) is 68.9. The highest BCUT2D eigenvalue weighted by Gasteiger charge is 2.28. The molecule has 3 atom stereocenters. The number of unbranched alkanes of at least 4 members (excludes halogenated alkanes) is 24. The third-order valence-corrected chi connectivity index (χ3v) is 13.0. The molecule has 0 aliphatic carbocycles. The van der Waals surface area contributed by atoms with Crippen molar-refractivity contribution in [3.8, 4) is 0 Å². The fourth-order valence-electron chi connectivity index (χ4n) is 7.69. The Hall–Kier alpha value is -3.08. The largest absolute Gasteiger partial charge is 0.472 e. The van der Waals surface area contributed by atoms with Crippen LogP contribution < -0.4 is 0 Å². The molecule has 0 fully saturated rings. The van der Waals surface area contributed by atoms with E-state index in [4.69, 9.17) is 23.3 Å². The summed E-state index contributed by atoms with van der Waals surface area (Å²) in [5, 5.41) is 9.81. The SMILES string of the molecule is CC/C=C\C/C=C\C/C=C\C/C=C\CCCCC(=O)OCC(COP(=O)(O)OCC(CO)OC(=O)CCCCCCC/C=C\CCCCCCCC)OC(=O)CCCCCCC/C=C\CCCCCCCC. The molecule has 12 heteroatoms. The van der Waals surface area contributed by atoms with Crippen LogP contribution in [0.3, 0.4) is 0 Å². The summed E-state index contributed by atoms with van der Waals surface area (Å²) in [5.41, 5.74) is 0. The molecule has 72 heavy (non-hydrogen) atoms. The van der Waals surface area contributed by atoms with Crippen LogP contribution >= 0.6 is 7.82 Å². The predicted molar refractivity (Wildman–Crippen MR) is 298 cm³/mol. The Bertz CT molecular complexity index is 1490. The van der Waals surface area contributed by atoms with Crippen LogP contribution in [0.25, 0.3) is 0 Å². The monoisotopic (exact) mass is 1030 g/mol. The van der Waals surface area contributed by atoms with Crippen molar-refractivity contribution in [3.05, 3.63) is 72.9 Å². The molecule has 0 aromatic carbocycles. The molecule has 0 amide bonds. The first-order chi connectivity index (χ1) is 35.2. The summed E-state index contributed by atoms with van der Waals surface area (Å²) < 4.78 is 39.5. The van der Waals surface area contributed by atoms with Crippen LogP contribution in [0, 0.1) is 0 Å². The normalized spacial score (nSPS) is 13.9. The Labute approximate surface area is 439 Å². The molecule has 0 spiro atoms. The number of aliphatic hydroxyl groups excluding tert-OH is 1. The number of ether oxygens (including phenoxy) is 3. The Kier molecular flexibility index (Phi) is 51.9. The molecule has 3 unspecified atom stereocenters. The van der Waals surface area contributed by atoms with Crippen LogP contribution in [0.15, 0.2) is 72.9 Å². The number of carbonyl (C=O) groups excluding carboxylic acids is 3. The van der Waals surface area contributed by atoms with Crippen molar-refractivity contribution in [2.45, 2.75) is 264 Å². The number of aliphatic hydroxyl groups is 1. The van der Waals surface area contributed by atoms with Gasteiger partial charge in [0.25, 0.3) is 0 Å². The molecule has 0 saturated heterocycles. The van der Waals surface area contributed by atoms with E-state index in [0.717, 1.165) is 116 Å². The van der Waals surface area contributed by atoms with Crippen molar-refractivity contribution < 1.29 is 52.2 Å². The first-order valence-electron chi connectivity index (χ1n) is 28.8. The minimum absolute atomic E-state index is 0.147. The van der Waals surface area contributed by atoms with E-state index in [9.17, 15) is 28.9 Å². The number of allylic oxidation sites excluding steroid dienone is 12. The van der Waals surface area contributed by atoms with Gasteiger partial charge in [-0.05, 0) is 109 Å². The summed E-state index contributed by atoms with van der Waals surface area (Å²) in [6, 6.07) is 0. The van der Waals surface area contributed by atoms with Gasteiger partial charge < -0.3 is 24.2 Å². The van der Waals surface area contributed by atoms with Gasteiger partial charge in [-0.2, -0.15) is 0 Å². The number of phosphoric ester groups is 1. The smallest absolute Gasteiger partial charge is 0.462 e. The minimum atomic E-state index is -4.76. The lowest BCUT2D eigenvalue weighted by molar-refractivity contribution is -0.161. The van der Waals surface area contributed by atoms with Crippen molar-refractivity contribution in [1.29, 1.82) is 0 Å². The fraction of sp³-hybridized carbons (Fsp3) is 0.750. The second-order valence-electron chi connectivity index (χ2n) is 19.1. The van der Waals surface area contributed by atoms with E-state index in [0.29, 0.717) is 19.3 Å². The molecule has 0 aromatic rings. The van der Waals surface area contributed by atoms with Crippen molar-refractivity contribution in [3.63, 3.8) is 0 Å². The third-order valence-electron chi connectivity index (χ3n) is 12.1. The van der Waals surface area contributed by atoms with E-state index >= 15 is 0 Å². The average Bonchev–Trinajstić information content (AvgIpc) is 3.37. The van der Waals surface area contributed by atoms with Gasteiger partial charge >= 0.3 is 25.7 Å². The van der Waals surface area contributed by atoms with Crippen molar-refractivity contribution in [2.75, 3.05) is 26.4 Å². The lowest BCUT2D eigenvalue weighted by Gasteiger charge is -2.21. The maximum Gasteiger partial charge on any atom is 0.472 e. The molecule has 2 N–H and O–H groups in total. The molecule has 0 rings (SSSR count). The highest BCUT2D eigenvalue weighted by atomic mass is 31.2. The van der Waals surface area contributed by atoms with E-state index in [-0.39, 0.29) is 25.9 Å². The van der Waals surface area contributed by atoms with Gasteiger partial charge in [0.05, 0.1) is 19.8 Å². The van der Waals surface area contributed by atoms with Crippen LogP contribution in [0.1, 0.15) is 252 Å². The van der Waals surface area contributed by atoms with Gasteiger partial charge in [0, 0.05) is 19.3 Å². The average molecular weight is 1030 g/mol. The molecule has 0 saturated carbocycles. The molecule has 0 heterocycles. The fourth-order valence-corrected chi connectivity index (χ4v) is 8.47. The number of rotatable bonds is 53. The standard InChI is InChI=1S/C60H105O11P/c1-4-7-10-13-16-19-22-25-28-31-34-37-40-43-46-49-58(62)67-53-57(71-60(64)51-48-45-42-39-36-33-30-27-24-21-18-15-12-9-6-3)55-69-72(65,66)68-54-56(52-61)70-59(63)50-47-44-41-38-35-32-29-26-23-20-17-14-11-8-5-2/h7,10,16,19,25-30,34,37,56-57,61H,4-6,8-9,11-15,17-18,20-24,31-33,35-36,38-55H2,1-3H3,(H,65,66)/b10-7-,19-16-,28-25-,29-26-,30-27-,37-34-. The van der Waals surface area contributed by atoms with Gasteiger partial charge in [-0.3, -0.25) is 23.4 Å². The van der Waals surface area contributed by atoms with Crippen LogP contribution in [-0.4, -0.2) is 66.5 Å². The molecule has 0 radical (unpaired) electrons. The number of hydrogen-bond donors (Lipinski definition) is 2. The molecule has 0 bridgehead atoms. The maximum absolute atomic E-state index is 12.9. The van der Waals surface area contributed by atoms with Crippen LogP contribution in [0.2, 0.25) is 0 Å². The van der Waals surface area contributed by atoms with Crippen LogP contribution in [0.4, 0.5) is 0 Å². The first-order valence-corrected chi connectivity index (χ1v) is 30.3. The minimum Gasteiger partial charge on any atom is -0.462 e. The van der Waals surface area contributed by atoms with E-state index < -0.39 is 57.8 Å².